The van der Waals surface area contributed by atoms with Crippen molar-refractivity contribution in [1.82, 2.24) is 4.98 Å². The van der Waals surface area contributed by atoms with Crippen LogP contribution in [-0.4, -0.2) is 19.3 Å². The number of benzene rings is 1. The van der Waals surface area contributed by atoms with Crippen molar-refractivity contribution in [2.24, 2.45) is 5.92 Å². The number of sulfonamides is 1. The summed E-state index contributed by atoms with van der Waals surface area (Å²) < 4.78 is 26.5. The number of rotatable bonds is 6. The summed E-state index contributed by atoms with van der Waals surface area (Å²) in [5, 5.41) is 3.80. The normalized spacial score (nSPS) is 14.5. The van der Waals surface area contributed by atoms with Gasteiger partial charge in [-0.05, 0) is 36.6 Å². The second-order valence-corrected chi connectivity index (χ2v) is 7.12. The molecule has 1 amide bonds. The molecule has 124 valence electrons. The molecule has 2 N–H and O–H groups in total. The van der Waals surface area contributed by atoms with Crippen LogP contribution >= 0.6 is 0 Å². The van der Waals surface area contributed by atoms with Crippen molar-refractivity contribution in [2.45, 2.75) is 12.8 Å². The minimum atomic E-state index is -3.63. The van der Waals surface area contributed by atoms with Crippen LogP contribution in [0, 0.1) is 5.92 Å². The summed E-state index contributed by atoms with van der Waals surface area (Å²) >= 11 is 0. The van der Waals surface area contributed by atoms with E-state index in [2.05, 4.69) is 15.0 Å². The van der Waals surface area contributed by atoms with E-state index in [1.807, 2.05) is 30.3 Å². The highest BCUT2D eigenvalue weighted by Crippen LogP contribution is 2.30. The summed E-state index contributed by atoms with van der Waals surface area (Å²) in [5.41, 5.74) is 1.12. The Bertz CT molecular complexity index is 842. The maximum Gasteiger partial charge on any atom is 0.255 e. The Morgan fingerprint density at radius 3 is 2.50 bits per heavy atom. The van der Waals surface area contributed by atoms with Gasteiger partial charge in [0.1, 0.15) is 5.82 Å². The van der Waals surface area contributed by atoms with Crippen molar-refractivity contribution >= 4 is 33.5 Å². The van der Waals surface area contributed by atoms with Crippen molar-refractivity contribution in [3.8, 4) is 0 Å². The van der Waals surface area contributed by atoms with Crippen LogP contribution in [0.5, 0.6) is 0 Å². The first kappa shape index (κ1) is 16.2. The Labute approximate surface area is 140 Å². The molecule has 0 atom stereocenters. The van der Waals surface area contributed by atoms with Gasteiger partial charge in [-0.25, -0.2) is 13.4 Å². The van der Waals surface area contributed by atoms with Gasteiger partial charge in [0.15, 0.2) is 0 Å². The number of anilines is 2. The van der Waals surface area contributed by atoms with Gasteiger partial charge in [0, 0.05) is 5.92 Å². The number of hydrogen-bond acceptors (Lipinski definition) is 4. The van der Waals surface area contributed by atoms with Crippen LogP contribution in [-0.2, 0) is 14.8 Å². The fourth-order valence-corrected chi connectivity index (χ4v) is 2.89. The number of nitrogens with zero attached hydrogens (tertiary/aromatic N) is 1. The number of nitrogens with one attached hydrogen (secondary N) is 2. The maximum absolute atomic E-state index is 12.0. The lowest BCUT2D eigenvalue weighted by molar-refractivity contribution is -0.117. The van der Waals surface area contributed by atoms with Gasteiger partial charge in [-0.1, -0.05) is 30.3 Å². The number of aromatic nitrogens is 1. The van der Waals surface area contributed by atoms with Gasteiger partial charge in [-0.15, -0.1) is 0 Å². The van der Waals surface area contributed by atoms with Gasteiger partial charge in [0.25, 0.3) is 10.0 Å². The van der Waals surface area contributed by atoms with Crippen LogP contribution in [0.15, 0.2) is 54.1 Å². The molecule has 7 heteroatoms. The van der Waals surface area contributed by atoms with Crippen molar-refractivity contribution in [1.29, 1.82) is 0 Å². The van der Waals surface area contributed by atoms with Crippen LogP contribution in [0.3, 0.4) is 0 Å². The lowest BCUT2D eigenvalue weighted by atomic mass is 10.2. The highest BCUT2D eigenvalue weighted by Gasteiger charge is 2.29. The third-order valence-electron chi connectivity index (χ3n) is 3.46. The molecule has 6 nitrogen and oxygen atoms in total. The molecule has 1 aromatic carbocycles. The largest absolute Gasteiger partial charge is 0.310 e. The van der Waals surface area contributed by atoms with E-state index in [1.165, 1.54) is 12.3 Å². The molecule has 0 unspecified atom stereocenters. The lowest BCUT2D eigenvalue weighted by Gasteiger charge is -2.06. The molecule has 1 fully saturated rings. The summed E-state index contributed by atoms with van der Waals surface area (Å²) in [4.78, 5) is 15.7. The lowest BCUT2D eigenvalue weighted by Crippen LogP contribution is -2.14. The molecule has 1 heterocycles. The topological polar surface area (TPSA) is 88.2 Å². The molecule has 0 saturated heterocycles. The fraction of sp³-hybridized carbons (Fsp3) is 0.176. The average Bonchev–Trinajstić information content (AvgIpc) is 3.41. The highest BCUT2D eigenvalue weighted by molar-refractivity contribution is 7.95. The summed E-state index contributed by atoms with van der Waals surface area (Å²) in [5.74, 6) is 0.462. The molecule has 0 spiro atoms. The molecule has 1 aliphatic carbocycles. The molecule has 24 heavy (non-hydrogen) atoms. The molecular weight excluding hydrogens is 326 g/mol. The van der Waals surface area contributed by atoms with Crippen molar-refractivity contribution in [3.63, 3.8) is 0 Å². The fourth-order valence-electron chi connectivity index (χ4n) is 2.03. The van der Waals surface area contributed by atoms with Gasteiger partial charge in [-0.3, -0.25) is 9.52 Å². The van der Waals surface area contributed by atoms with Gasteiger partial charge in [0.2, 0.25) is 5.91 Å². The second-order valence-electron chi connectivity index (χ2n) is 5.56. The van der Waals surface area contributed by atoms with E-state index in [1.54, 1.807) is 12.1 Å². The monoisotopic (exact) mass is 343 g/mol. The molecule has 1 aromatic heterocycles. The molecule has 0 bridgehead atoms. The molecule has 3 rings (SSSR count). The van der Waals surface area contributed by atoms with Gasteiger partial charge >= 0.3 is 0 Å². The molecule has 0 radical (unpaired) electrons. The minimum absolute atomic E-state index is 0.0402. The second kappa shape index (κ2) is 6.84. The number of hydrogen-bond donors (Lipinski definition) is 2. The first-order valence-electron chi connectivity index (χ1n) is 7.55. The van der Waals surface area contributed by atoms with E-state index >= 15 is 0 Å². The average molecular weight is 343 g/mol. The Balaban J connectivity index is 1.62. The highest BCUT2D eigenvalue weighted by atomic mass is 32.2. The van der Waals surface area contributed by atoms with E-state index in [4.69, 9.17) is 0 Å². The third kappa shape index (κ3) is 4.66. The SMILES string of the molecule is O=C(Nc1ccc(NS(=O)(=O)/C=C\c2ccccc2)cn1)C1CC1. The van der Waals surface area contributed by atoms with E-state index in [-0.39, 0.29) is 11.8 Å². The number of amides is 1. The zero-order valence-corrected chi connectivity index (χ0v) is 13.7. The quantitative estimate of drug-likeness (QED) is 0.844. The van der Waals surface area contributed by atoms with Gasteiger partial charge in [0.05, 0.1) is 17.3 Å². The molecule has 1 aliphatic rings. The third-order valence-corrected chi connectivity index (χ3v) is 4.48. The Morgan fingerprint density at radius 2 is 1.88 bits per heavy atom. The minimum Gasteiger partial charge on any atom is -0.310 e. The molecule has 1 saturated carbocycles. The molecule has 0 aliphatic heterocycles. The van der Waals surface area contributed by atoms with E-state index in [9.17, 15) is 13.2 Å². The number of carbonyl (C=O) groups is 1. The number of carbonyl (C=O) groups excluding carboxylic acids is 1. The van der Waals surface area contributed by atoms with Gasteiger partial charge in [-0.2, -0.15) is 0 Å². The Kier molecular flexibility index (Phi) is 4.61. The summed E-state index contributed by atoms with van der Waals surface area (Å²) in [6.07, 6.45) is 4.71. The van der Waals surface area contributed by atoms with E-state index in [0.29, 0.717) is 11.5 Å². The molecule has 2 aromatic rings. The standard InChI is InChI=1S/C17H17N3O3S/c21-17(14-6-7-14)19-16-9-8-15(12-18-16)20-24(22,23)11-10-13-4-2-1-3-5-13/h1-5,8-12,14,20H,6-7H2,(H,18,19,21)/b11-10-. The first-order chi connectivity index (χ1) is 11.5. The van der Waals surface area contributed by atoms with Crippen molar-refractivity contribution in [2.75, 3.05) is 10.0 Å². The Hall–Kier alpha value is -2.67. The van der Waals surface area contributed by atoms with Crippen LogP contribution in [0.4, 0.5) is 11.5 Å². The first-order valence-corrected chi connectivity index (χ1v) is 9.09. The van der Waals surface area contributed by atoms with Crippen LogP contribution in [0.25, 0.3) is 6.08 Å². The van der Waals surface area contributed by atoms with E-state index < -0.39 is 10.0 Å². The van der Waals surface area contributed by atoms with Crippen molar-refractivity contribution < 1.29 is 13.2 Å². The zero-order chi connectivity index (χ0) is 17.0. The van der Waals surface area contributed by atoms with Crippen LogP contribution < -0.4 is 10.0 Å². The predicted octanol–water partition coefficient (Wildman–Crippen LogP) is 2.84. The maximum atomic E-state index is 12.0. The zero-order valence-electron chi connectivity index (χ0n) is 12.8. The smallest absolute Gasteiger partial charge is 0.255 e. The Morgan fingerprint density at radius 1 is 1.12 bits per heavy atom. The molecular formula is C17H17N3O3S. The van der Waals surface area contributed by atoms with Crippen molar-refractivity contribution in [3.05, 3.63) is 59.6 Å². The predicted molar refractivity (Wildman–Crippen MR) is 93.6 cm³/mol. The van der Waals surface area contributed by atoms with E-state index in [0.717, 1.165) is 23.8 Å². The summed E-state index contributed by atoms with van der Waals surface area (Å²) in [7, 11) is -3.63. The summed E-state index contributed by atoms with van der Waals surface area (Å²) in [6, 6.07) is 12.3. The van der Waals surface area contributed by atoms with Gasteiger partial charge < -0.3 is 5.32 Å². The number of pyridine rings is 1. The van der Waals surface area contributed by atoms with Crippen LogP contribution in [0.1, 0.15) is 18.4 Å². The summed E-state index contributed by atoms with van der Waals surface area (Å²) in [6.45, 7) is 0. The van der Waals surface area contributed by atoms with Crippen LogP contribution in [0.2, 0.25) is 0 Å².